The van der Waals surface area contributed by atoms with Gasteiger partial charge in [0.15, 0.2) is 0 Å². The van der Waals surface area contributed by atoms with E-state index in [2.05, 4.69) is 6.92 Å². The fourth-order valence-electron chi connectivity index (χ4n) is 2.54. The molecule has 1 saturated heterocycles. The molecule has 5 nitrogen and oxygen atoms in total. The molecule has 2 rings (SSSR count). The Balaban J connectivity index is 2.24. The van der Waals surface area contributed by atoms with Crippen LogP contribution in [0.15, 0.2) is 23.1 Å². The lowest BCUT2D eigenvalue weighted by Crippen LogP contribution is -2.38. The summed E-state index contributed by atoms with van der Waals surface area (Å²) in [5.41, 5.74) is -0.0969. The third kappa shape index (κ3) is 3.39. The number of nitrogens with zero attached hydrogens (tertiary/aromatic N) is 1. The van der Waals surface area contributed by atoms with Gasteiger partial charge in [-0.15, -0.1) is 0 Å². The Morgan fingerprint density at radius 1 is 1.38 bits per heavy atom. The zero-order valence-electron chi connectivity index (χ0n) is 11.8. The zero-order valence-corrected chi connectivity index (χ0v) is 13.3. The molecule has 0 saturated carbocycles. The molecule has 0 atom stereocenters. The predicted octanol–water partition coefficient (Wildman–Crippen LogP) is 2.85. The maximum absolute atomic E-state index is 12.5. The molecule has 0 amide bonds. The van der Waals surface area contributed by atoms with Crippen molar-refractivity contribution in [2.75, 3.05) is 13.1 Å². The summed E-state index contributed by atoms with van der Waals surface area (Å²) in [7, 11) is -3.60. The maximum atomic E-state index is 12.5. The quantitative estimate of drug-likeness (QED) is 0.920. The number of carbonyl (C=O) groups is 1. The number of hydrogen-bond acceptors (Lipinski definition) is 3. The van der Waals surface area contributed by atoms with E-state index in [1.165, 1.54) is 22.5 Å². The van der Waals surface area contributed by atoms with Crippen LogP contribution < -0.4 is 0 Å². The van der Waals surface area contributed by atoms with Gasteiger partial charge in [0.05, 0.1) is 15.5 Å². The second-order valence-corrected chi connectivity index (χ2v) is 7.55. The molecule has 1 aromatic carbocycles. The molecule has 0 aromatic heterocycles. The van der Waals surface area contributed by atoms with E-state index in [1.54, 1.807) is 0 Å². The van der Waals surface area contributed by atoms with E-state index in [9.17, 15) is 13.2 Å². The van der Waals surface area contributed by atoms with E-state index in [1.807, 2.05) is 0 Å². The van der Waals surface area contributed by atoms with Crippen LogP contribution in [0.4, 0.5) is 0 Å². The normalized spacial score (nSPS) is 17.8. The maximum Gasteiger partial charge on any atom is 0.337 e. The first-order valence-electron chi connectivity index (χ1n) is 6.89. The van der Waals surface area contributed by atoms with E-state index in [4.69, 9.17) is 16.7 Å². The van der Waals surface area contributed by atoms with E-state index in [0.29, 0.717) is 19.0 Å². The summed E-state index contributed by atoms with van der Waals surface area (Å²) in [6, 6.07) is 3.75. The van der Waals surface area contributed by atoms with Crippen molar-refractivity contribution in [3.05, 3.63) is 28.8 Å². The van der Waals surface area contributed by atoms with Crippen molar-refractivity contribution in [3.63, 3.8) is 0 Å². The first kappa shape index (κ1) is 16.3. The van der Waals surface area contributed by atoms with Crippen molar-refractivity contribution in [3.8, 4) is 0 Å². The number of sulfonamides is 1. The molecular weight excluding hydrogens is 314 g/mol. The average molecular weight is 332 g/mol. The van der Waals surface area contributed by atoms with Crippen LogP contribution in [0.5, 0.6) is 0 Å². The van der Waals surface area contributed by atoms with E-state index in [-0.39, 0.29) is 15.5 Å². The molecule has 116 valence electrons. The number of hydrogen-bond donors (Lipinski definition) is 1. The van der Waals surface area contributed by atoms with Crippen LogP contribution in [0, 0.1) is 5.92 Å². The van der Waals surface area contributed by atoms with Crippen molar-refractivity contribution in [2.24, 2.45) is 5.92 Å². The van der Waals surface area contributed by atoms with Gasteiger partial charge >= 0.3 is 5.97 Å². The van der Waals surface area contributed by atoms with Crippen LogP contribution in [-0.4, -0.2) is 36.9 Å². The lowest BCUT2D eigenvalue weighted by molar-refractivity contribution is 0.0697. The minimum Gasteiger partial charge on any atom is -0.478 e. The first-order valence-corrected chi connectivity index (χ1v) is 8.71. The Kier molecular flexibility index (Phi) is 4.91. The summed E-state index contributed by atoms with van der Waals surface area (Å²) in [6.07, 6.45) is 2.78. The SMILES string of the molecule is CCC1CCN(S(=O)(=O)c2ccc(C(=O)O)c(Cl)c2)CC1. The van der Waals surface area contributed by atoms with Crippen molar-refractivity contribution in [1.29, 1.82) is 0 Å². The van der Waals surface area contributed by atoms with Crippen LogP contribution in [0.3, 0.4) is 0 Å². The monoisotopic (exact) mass is 331 g/mol. The highest BCUT2D eigenvalue weighted by molar-refractivity contribution is 7.89. The van der Waals surface area contributed by atoms with Gasteiger partial charge in [-0.25, -0.2) is 13.2 Å². The standard InChI is InChI=1S/C14H18ClNO4S/c1-2-10-5-7-16(8-6-10)21(19,20)11-3-4-12(14(17)18)13(15)9-11/h3-4,9-10H,2,5-8H2,1H3,(H,17,18). The lowest BCUT2D eigenvalue weighted by Gasteiger charge is -2.30. The molecule has 0 radical (unpaired) electrons. The fraction of sp³-hybridized carbons (Fsp3) is 0.500. The van der Waals surface area contributed by atoms with Crippen molar-refractivity contribution >= 4 is 27.6 Å². The number of rotatable bonds is 4. The third-order valence-corrected chi connectivity index (χ3v) is 6.17. The van der Waals surface area contributed by atoms with Crippen LogP contribution in [0.2, 0.25) is 5.02 Å². The van der Waals surface area contributed by atoms with Crippen molar-refractivity contribution < 1.29 is 18.3 Å². The third-order valence-electron chi connectivity index (χ3n) is 3.96. The average Bonchev–Trinajstić information content (AvgIpc) is 2.46. The summed E-state index contributed by atoms with van der Waals surface area (Å²) in [5.74, 6) is -0.595. The predicted molar refractivity (Wildman–Crippen MR) is 80.2 cm³/mol. The molecule has 1 heterocycles. The molecule has 1 fully saturated rings. The molecule has 1 aliphatic rings. The van der Waals surface area contributed by atoms with Gasteiger partial charge in [-0.2, -0.15) is 4.31 Å². The zero-order chi connectivity index (χ0) is 15.6. The molecule has 1 N–H and O–H groups in total. The summed E-state index contributed by atoms with van der Waals surface area (Å²) in [6.45, 7) is 3.11. The Bertz CT molecular complexity index is 636. The second-order valence-electron chi connectivity index (χ2n) is 5.20. The van der Waals surface area contributed by atoms with Gasteiger partial charge in [0.2, 0.25) is 10.0 Å². The molecular formula is C14H18ClNO4S. The van der Waals surface area contributed by atoms with Gasteiger partial charge in [0.25, 0.3) is 0 Å². The molecule has 0 aliphatic carbocycles. The minimum atomic E-state index is -3.60. The van der Waals surface area contributed by atoms with E-state index in [0.717, 1.165) is 19.3 Å². The van der Waals surface area contributed by atoms with Crippen LogP contribution >= 0.6 is 11.6 Å². The molecule has 0 spiro atoms. The molecule has 7 heteroatoms. The van der Waals surface area contributed by atoms with Crippen LogP contribution in [0.1, 0.15) is 36.5 Å². The number of carboxylic acids is 1. The van der Waals surface area contributed by atoms with Gasteiger partial charge in [0.1, 0.15) is 0 Å². The fourth-order valence-corrected chi connectivity index (χ4v) is 4.36. The Morgan fingerprint density at radius 3 is 2.48 bits per heavy atom. The second kappa shape index (κ2) is 6.34. The highest BCUT2D eigenvalue weighted by Crippen LogP contribution is 2.27. The highest BCUT2D eigenvalue weighted by Gasteiger charge is 2.29. The highest BCUT2D eigenvalue weighted by atomic mass is 35.5. The molecule has 21 heavy (non-hydrogen) atoms. The number of benzene rings is 1. The summed E-state index contributed by atoms with van der Waals surface area (Å²) >= 11 is 5.85. The van der Waals surface area contributed by atoms with Gasteiger partial charge in [-0.1, -0.05) is 24.9 Å². The van der Waals surface area contributed by atoms with Crippen LogP contribution in [-0.2, 0) is 10.0 Å². The summed E-state index contributed by atoms with van der Waals surface area (Å²) < 4.78 is 26.5. The van der Waals surface area contributed by atoms with E-state index < -0.39 is 16.0 Å². The number of aromatic carboxylic acids is 1. The summed E-state index contributed by atoms with van der Waals surface area (Å²) in [5, 5.41) is 8.86. The van der Waals surface area contributed by atoms with Crippen molar-refractivity contribution in [2.45, 2.75) is 31.1 Å². The van der Waals surface area contributed by atoms with E-state index >= 15 is 0 Å². The van der Waals surface area contributed by atoms with Gasteiger partial charge in [-0.05, 0) is 37.0 Å². The Labute approximate surface area is 129 Å². The summed E-state index contributed by atoms with van der Waals surface area (Å²) in [4.78, 5) is 11.0. The molecule has 1 aromatic rings. The Morgan fingerprint density at radius 2 is 2.00 bits per heavy atom. The van der Waals surface area contributed by atoms with Gasteiger partial charge < -0.3 is 5.11 Å². The first-order chi connectivity index (χ1) is 9.86. The van der Waals surface area contributed by atoms with Gasteiger partial charge in [0, 0.05) is 13.1 Å². The minimum absolute atomic E-state index is 0.0486. The molecule has 0 unspecified atom stereocenters. The smallest absolute Gasteiger partial charge is 0.337 e. The van der Waals surface area contributed by atoms with Gasteiger partial charge in [-0.3, -0.25) is 0 Å². The topological polar surface area (TPSA) is 74.7 Å². The molecule has 1 aliphatic heterocycles. The number of halogens is 1. The van der Waals surface area contributed by atoms with Crippen LogP contribution in [0.25, 0.3) is 0 Å². The number of carboxylic acid groups (broad SMARTS) is 1. The Hall–Kier alpha value is -1.11. The number of piperidine rings is 1. The largest absolute Gasteiger partial charge is 0.478 e. The lowest BCUT2D eigenvalue weighted by atomic mass is 9.96. The molecule has 0 bridgehead atoms. The van der Waals surface area contributed by atoms with Crippen molar-refractivity contribution in [1.82, 2.24) is 4.31 Å².